The first-order valence-corrected chi connectivity index (χ1v) is 12.4. The lowest BCUT2D eigenvalue weighted by molar-refractivity contribution is -0.154. The number of hydrogen-bond acceptors (Lipinski definition) is 8. The monoisotopic (exact) mass is 565 g/mol. The maximum absolute atomic E-state index is 12.8. The van der Waals surface area contributed by atoms with Crippen LogP contribution in [0.25, 0.3) is 0 Å². The van der Waals surface area contributed by atoms with E-state index in [1.54, 1.807) is 48.5 Å². The summed E-state index contributed by atoms with van der Waals surface area (Å²) in [4.78, 5) is 35.0. The summed E-state index contributed by atoms with van der Waals surface area (Å²) in [5, 5.41) is 11.3. The minimum Gasteiger partial charge on any atom is -0.454 e. The van der Waals surface area contributed by atoms with Crippen LogP contribution in [0.5, 0.6) is 6.01 Å². The van der Waals surface area contributed by atoms with E-state index in [0.717, 1.165) is 16.7 Å². The van der Waals surface area contributed by atoms with Crippen molar-refractivity contribution in [1.82, 2.24) is 25.6 Å². The summed E-state index contributed by atoms with van der Waals surface area (Å²) in [6.45, 7) is -0.674. The van der Waals surface area contributed by atoms with Gasteiger partial charge in [0.15, 0.2) is 6.61 Å². The van der Waals surface area contributed by atoms with Crippen molar-refractivity contribution in [3.63, 3.8) is 0 Å². The summed E-state index contributed by atoms with van der Waals surface area (Å²) in [7, 11) is 0. The Bertz CT molecular complexity index is 1450. The van der Waals surface area contributed by atoms with E-state index in [1.165, 1.54) is 0 Å². The Labute approximate surface area is 233 Å². The van der Waals surface area contributed by atoms with Crippen LogP contribution in [0, 0.1) is 0 Å². The van der Waals surface area contributed by atoms with Crippen molar-refractivity contribution >= 4 is 29.9 Å². The molecule has 0 aliphatic rings. The molecule has 0 aliphatic carbocycles. The number of amides is 2. The third kappa shape index (κ3) is 9.49. The Balaban J connectivity index is 1.43. The molecular formula is C28H26F3N7O3. The van der Waals surface area contributed by atoms with Crippen molar-refractivity contribution in [3.8, 4) is 6.01 Å². The SMILES string of the molecule is O=CNCc1ccc(Nc2nc(NCc3cccc(CNC(=O)c4ccccc4)c3)nc(OCC(F)(F)F)n2)cc1. The molecule has 0 aliphatic heterocycles. The van der Waals surface area contributed by atoms with Crippen LogP contribution in [-0.4, -0.2) is 40.1 Å². The van der Waals surface area contributed by atoms with Crippen LogP contribution in [0.2, 0.25) is 0 Å². The van der Waals surface area contributed by atoms with Crippen LogP contribution in [0.15, 0.2) is 78.9 Å². The van der Waals surface area contributed by atoms with Gasteiger partial charge in [-0.25, -0.2) is 0 Å². The highest BCUT2D eigenvalue weighted by Gasteiger charge is 2.29. The Kier molecular flexibility index (Phi) is 9.65. The van der Waals surface area contributed by atoms with Crippen molar-refractivity contribution in [2.24, 2.45) is 0 Å². The zero-order chi connectivity index (χ0) is 29.1. The summed E-state index contributed by atoms with van der Waals surface area (Å²) in [5.74, 6) is -0.233. The van der Waals surface area contributed by atoms with Gasteiger partial charge in [0.25, 0.3) is 5.91 Å². The van der Waals surface area contributed by atoms with Crippen LogP contribution in [-0.2, 0) is 24.4 Å². The predicted molar refractivity (Wildman–Crippen MR) is 145 cm³/mol. The number of hydrogen-bond donors (Lipinski definition) is 4. The van der Waals surface area contributed by atoms with Gasteiger partial charge in [-0.2, -0.15) is 28.1 Å². The maximum atomic E-state index is 12.8. The zero-order valence-corrected chi connectivity index (χ0v) is 21.6. The molecule has 1 aromatic heterocycles. The van der Waals surface area contributed by atoms with E-state index in [-0.39, 0.29) is 24.3 Å². The van der Waals surface area contributed by atoms with Crippen LogP contribution < -0.4 is 26.0 Å². The average molecular weight is 566 g/mol. The molecule has 0 fully saturated rings. The first-order chi connectivity index (χ1) is 19.8. The van der Waals surface area contributed by atoms with Gasteiger partial charge in [0.1, 0.15) is 0 Å². The smallest absolute Gasteiger partial charge is 0.422 e. The van der Waals surface area contributed by atoms with Gasteiger partial charge in [0.05, 0.1) is 0 Å². The van der Waals surface area contributed by atoms with Gasteiger partial charge in [-0.1, -0.05) is 54.6 Å². The highest BCUT2D eigenvalue weighted by Crippen LogP contribution is 2.21. The van der Waals surface area contributed by atoms with Crippen LogP contribution in [0.4, 0.5) is 30.8 Å². The second-order valence-electron chi connectivity index (χ2n) is 8.71. The van der Waals surface area contributed by atoms with Gasteiger partial charge in [0.2, 0.25) is 18.3 Å². The third-order valence-corrected chi connectivity index (χ3v) is 5.51. The molecular weight excluding hydrogens is 539 g/mol. The van der Waals surface area contributed by atoms with E-state index in [0.29, 0.717) is 30.8 Å². The standard InChI is InChI=1S/C28H26F3N7O3/c29-28(30,31)17-41-27-37-25(36-26(38-27)35-23-11-9-19(10-12-23)14-32-18-39)34-16-21-6-4-5-20(13-21)15-33-24(40)22-7-2-1-3-8-22/h1-13,18H,14-17H2,(H,32,39)(H,33,40)(H2,34,35,36,37,38). The molecule has 4 rings (SSSR count). The Hall–Kier alpha value is -5.20. The van der Waals surface area contributed by atoms with Crippen molar-refractivity contribution in [1.29, 1.82) is 0 Å². The molecule has 13 heteroatoms. The first-order valence-electron chi connectivity index (χ1n) is 12.4. The van der Waals surface area contributed by atoms with Gasteiger partial charge in [-0.15, -0.1) is 0 Å². The van der Waals surface area contributed by atoms with E-state index in [1.807, 2.05) is 30.3 Å². The molecule has 0 radical (unpaired) electrons. The fourth-order valence-corrected chi connectivity index (χ4v) is 3.60. The lowest BCUT2D eigenvalue weighted by atomic mass is 10.1. The molecule has 0 unspecified atom stereocenters. The maximum Gasteiger partial charge on any atom is 0.422 e. The number of ether oxygens (including phenoxy) is 1. The Morgan fingerprint density at radius 3 is 2.22 bits per heavy atom. The number of carbonyl (C=O) groups excluding carboxylic acids is 2. The summed E-state index contributed by atoms with van der Waals surface area (Å²) < 4.78 is 43.0. The molecule has 4 N–H and O–H groups in total. The first kappa shape index (κ1) is 28.8. The second-order valence-corrected chi connectivity index (χ2v) is 8.71. The number of nitrogens with one attached hydrogen (secondary N) is 4. The van der Waals surface area contributed by atoms with E-state index < -0.39 is 18.8 Å². The fourth-order valence-electron chi connectivity index (χ4n) is 3.60. The van der Waals surface area contributed by atoms with E-state index in [2.05, 4.69) is 36.2 Å². The number of halogens is 3. The van der Waals surface area contributed by atoms with Gasteiger partial charge in [-0.3, -0.25) is 9.59 Å². The number of carbonyl (C=O) groups is 2. The molecule has 0 saturated carbocycles. The Morgan fingerprint density at radius 1 is 0.805 bits per heavy atom. The highest BCUT2D eigenvalue weighted by molar-refractivity contribution is 5.94. The third-order valence-electron chi connectivity index (χ3n) is 5.51. The molecule has 0 atom stereocenters. The van der Waals surface area contributed by atoms with E-state index in [4.69, 9.17) is 4.74 Å². The van der Waals surface area contributed by atoms with Gasteiger partial charge in [-0.05, 0) is 41.0 Å². The molecule has 41 heavy (non-hydrogen) atoms. The average Bonchev–Trinajstić information content (AvgIpc) is 2.98. The van der Waals surface area contributed by atoms with Crippen LogP contribution in [0.1, 0.15) is 27.0 Å². The summed E-state index contributed by atoms with van der Waals surface area (Å²) >= 11 is 0. The molecule has 2 amide bonds. The number of alkyl halides is 3. The van der Waals surface area contributed by atoms with Crippen molar-refractivity contribution in [2.45, 2.75) is 25.8 Å². The second kappa shape index (κ2) is 13.7. The highest BCUT2D eigenvalue weighted by atomic mass is 19.4. The lowest BCUT2D eigenvalue weighted by Gasteiger charge is -2.13. The summed E-state index contributed by atoms with van der Waals surface area (Å²) in [6, 6.07) is 22.7. The van der Waals surface area contributed by atoms with Crippen molar-refractivity contribution < 1.29 is 27.5 Å². The number of rotatable bonds is 13. The fraction of sp³-hybridized carbons (Fsp3) is 0.179. The van der Waals surface area contributed by atoms with Gasteiger partial charge in [0, 0.05) is 30.9 Å². The van der Waals surface area contributed by atoms with Crippen LogP contribution in [0.3, 0.4) is 0 Å². The van der Waals surface area contributed by atoms with Gasteiger partial charge >= 0.3 is 12.2 Å². The molecule has 0 saturated heterocycles. The Morgan fingerprint density at radius 2 is 1.51 bits per heavy atom. The molecule has 4 aromatic rings. The lowest BCUT2D eigenvalue weighted by Crippen LogP contribution is -2.22. The van der Waals surface area contributed by atoms with Gasteiger partial charge < -0.3 is 26.0 Å². The molecule has 212 valence electrons. The van der Waals surface area contributed by atoms with E-state index >= 15 is 0 Å². The summed E-state index contributed by atoms with van der Waals surface area (Å²) in [6.07, 6.45) is -3.98. The normalized spacial score (nSPS) is 10.9. The van der Waals surface area contributed by atoms with Crippen LogP contribution >= 0.6 is 0 Å². The molecule has 0 spiro atoms. The number of benzene rings is 3. The molecule has 1 heterocycles. The zero-order valence-electron chi connectivity index (χ0n) is 21.6. The minimum atomic E-state index is -4.57. The van der Waals surface area contributed by atoms with E-state index in [9.17, 15) is 22.8 Å². The topological polar surface area (TPSA) is 130 Å². The molecule has 10 nitrogen and oxygen atoms in total. The molecule has 0 bridgehead atoms. The minimum absolute atomic E-state index is 0.00531. The predicted octanol–water partition coefficient (Wildman–Crippen LogP) is 4.34. The molecule has 3 aromatic carbocycles. The number of nitrogens with zero attached hydrogens (tertiary/aromatic N) is 3. The van der Waals surface area contributed by atoms with Crippen molar-refractivity contribution in [3.05, 3.63) is 101 Å². The van der Waals surface area contributed by atoms with Crippen molar-refractivity contribution in [2.75, 3.05) is 17.2 Å². The number of aromatic nitrogens is 3. The quantitative estimate of drug-likeness (QED) is 0.176. The summed E-state index contributed by atoms with van der Waals surface area (Å²) in [5.41, 5.74) is 3.64. The largest absolute Gasteiger partial charge is 0.454 e. The number of anilines is 3.